The van der Waals surface area contributed by atoms with Crippen LogP contribution in [0.4, 0.5) is 15.9 Å². The van der Waals surface area contributed by atoms with Crippen LogP contribution >= 0.6 is 11.6 Å². The molecule has 0 spiro atoms. The summed E-state index contributed by atoms with van der Waals surface area (Å²) < 4.78 is 24.6. The average Bonchev–Trinajstić information content (AvgIpc) is 2.74. The van der Waals surface area contributed by atoms with Gasteiger partial charge in [-0.05, 0) is 48.4 Å². The van der Waals surface area contributed by atoms with Gasteiger partial charge >= 0.3 is 6.01 Å². The second kappa shape index (κ2) is 8.55. The van der Waals surface area contributed by atoms with Crippen molar-refractivity contribution in [1.29, 1.82) is 0 Å². The third-order valence-corrected chi connectivity index (χ3v) is 5.00. The van der Waals surface area contributed by atoms with Gasteiger partial charge in [-0.2, -0.15) is 9.97 Å². The first-order valence-corrected chi connectivity index (χ1v) is 9.66. The molecule has 30 heavy (non-hydrogen) atoms. The molecule has 4 aromatic rings. The summed E-state index contributed by atoms with van der Waals surface area (Å²) in [4.78, 5) is 9.04. The number of rotatable bonds is 6. The van der Waals surface area contributed by atoms with Crippen LogP contribution in [0.2, 0.25) is 5.02 Å². The molecule has 1 aromatic heterocycles. The first kappa shape index (κ1) is 19.9. The predicted molar refractivity (Wildman–Crippen MR) is 116 cm³/mol. The summed E-state index contributed by atoms with van der Waals surface area (Å²) in [6.45, 7) is 2.35. The van der Waals surface area contributed by atoms with E-state index in [9.17, 15) is 4.39 Å². The van der Waals surface area contributed by atoms with Crippen LogP contribution in [0.5, 0.6) is 11.8 Å². The van der Waals surface area contributed by atoms with E-state index in [2.05, 4.69) is 15.3 Å². The van der Waals surface area contributed by atoms with Crippen LogP contribution in [0.25, 0.3) is 10.9 Å². The Morgan fingerprint density at radius 2 is 1.87 bits per heavy atom. The van der Waals surface area contributed by atoms with E-state index < -0.39 is 5.82 Å². The fraction of sp³-hybridized carbons (Fsp3) is 0.130. The van der Waals surface area contributed by atoms with Gasteiger partial charge in [0.1, 0.15) is 24.0 Å². The largest absolute Gasteiger partial charge is 0.497 e. The summed E-state index contributed by atoms with van der Waals surface area (Å²) in [6.07, 6.45) is 0. The van der Waals surface area contributed by atoms with Crippen molar-refractivity contribution in [2.24, 2.45) is 0 Å². The monoisotopic (exact) mass is 423 g/mol. The lowest BCUT2D eigenvalue weighted by Gasteiger charge is -2.13. The summed E-state index contributed by atoms with van der Waals surface area (Å²) in [5.74, 6) is 0.748. The molecule has 0 bridgehead atoms. The Balaban J connectivity index is 1.72. The standard InChI is InChI=1S/C23H19ClFN3O2/c1-14-5-3-4-6-15(14)13-30-23-27-21-12-17(29-2)8-9-18(21)22(28-23)26-20-10-7-16(25)11-19(20)24/h3-12H,13H2,1-2H3,(H,26,27,28). The molecule has 0 radical (unpaired) electrons. The molecule has 0 unspecified atom stereocenters. The molecule has 0 aliphatic heterocycles. The number of hydrogen-bond donors (Lipinski definition) is 1. The Kier molecular flexibility index (Phi) is 5.68. The second-order valence-corrected chi connectivity index (χ2v) is 7.11. The predicted octanol–water partition coefficient (Wildman–Crippen LogP) is 6.06. The summed E-state index contributed by atoms with van der Waals surface area (Å²) in [5, 5.41) is 4.16. The topological polar surface area (TPSA) is 56.3 Å². The minimum Gasteiger partial charge on any atom is -0.497 e. The molecule has 7 heteroatoms. The van der Waals surface area contributed by atoms with E-state index in [1.165, 1.54) is 12.1 Å². The lowest BCUT2D eigenvalue weighted by Crippen LogP contribution is -2.04. The third-order valence-electron chi connectivity index (χ3n) is 4.69. The van der Waals surface area contributed by atoms with Crippen LogP contribution < -0.4 is 14.8 Å². The number of fused-ring (bicyclic) bond motifs is 1. The lowest BCUT2D eigenvalue weighted by molar-refractivity contribution is 0.282. The average molecular weight is 424 g/mol. The molecule has 0 atom stereocenters. The zero-order chi connectivity index (χ0) is 21.1. The van der Waals surface area contributed by atoms with Gasteiger partial charge in [0.2, 0.25) is 0 Å². The number of benzene rings is 3. The minimum absolute atomic E-state index is 0.208. The molecule has 1 heterocycles. The first-order valence-electron chi connectivity index (χ1n) is 9.28. The van der Waals surface area contributed by atoms with Crippen LogP contribution in [-0.2, 0) is 6.61 Å². The maximum atomic E-state index is 13.4. The van der Waals surface area contributed by atoms with Crippen molar-refractivity contribution in [2.75, 3.05) is 12.4 Å². The van der Waals surface area contributed by atoms with Gasteiger partial charge in [-0.1, -0.05) is 35.9 Å². The summed E-state index contributed by atoms with van der Waals surface area (Å²) in [6, 6.07) is 17.8. The van der Waals surface area contributed by atoms with E-state index in [1.807, 2.05) is 43.3 Å². The van der Waals surface area contributed by atoms with Gasteiger partial charge in [0.25, 0.3) is 0 Å². The number of aromatic nitrogens is 2. The first-order chi connectivity index (χ1) is 14.5. The number of anilines is 2. The van der Waals surface area contributed by atoms with Gasteiger partial charge < -0.3 is 14.8 Å². The van der Waals surface area contributed by atoms with E-state index in [0.29, 0.717) is 29.4 Å². The molecule has 0 saturated heterocycles. The smallest absolute Gasteiger partial charge is 0.319 e. The number of nitrogens with zero attached hydrogens (tertiary/aromatic N) is 2. The van der Waals surface area contributed by atoms with Gasteiger partial charge in [-0.3, -0.25) is 0 Å². The highest BCUT2D eigenvalue weighted by molar-refractivity contribution is 6.33. The van der Waals surface area contributed by atoms with Crippen LogP contribution in [0, 0.1) is 12.7 Å². The number of methoxy groups -OCH3 is 1. The van der Waals surface area contributed by atoms with Gasteiger partial charge in [-0.25, -0.2) is 4.39 Å². The van der Waals surface area contributed by atoms with Gasteiger partial charge in [0.05, 0.1) is 23.3 Å². The Morgan fingerprint density at radius 3 is 2.63 bits per heavy atom. The second-order valence-electron chi connectivity index (χ2n) is 6.70. The van der Waals surface area contributed by atoms with Crippen LogP contribution in [-0.4, -0.2) is 17.1 Å². The van der Waals surface area contributed by atoms with Gasteiger partial charge in [0.15, 0.2) is 0 Å². The number of nitrogens with one attached hydrogen (secondary N) is 1. The van der Waals surface area contributed by atoms with E-state index in [1.54, 1.807) is 19.2 Å². The molecule has 0 fully saturated rings. The van der Waals surface area contributed by atoms with Crippen molar-refractivity contribution < 1.29 is 13.9 Å². The highest BCUT2D eigenvalue weighted by Gasteiger charge is 2.13. The number of ether oxygens (including phenoxy) is 2. The van der Waals surface area contributed by atoms with Crippen molar-refractivity contribution in [3.8, 4) is 11.8 Å². The maximum absolute atomic E-state index is 13.4. The summed E-state index contributed by atoms with van der Waals surface area (Å²) in [5.41, 5.74) is 3.34. The molecule has 0 aliphatic rings. The number of halogens is 2. The fourth-order valence-electron chi connectivity index (χ4n) is 3.01. The minimum atomic E-state index is -0.412. The maximum Gasteiger partial charge on any atom is 0.319 e. The van der Waals surface area contributed by atoms with Crippen molar-refractivity contribution in [1.82, 2.24) is 9.97 Å². The van der Waals surface area contributed by atoms with E-state index in [0.717, 1.165) is 16.5 Å². The number of aryl methyl sites for hydroxylation is 1. The molecule has 0 saturated carbocycles. The summed E-state index contributed by atoms with van der Waals surface area (Å²) in [7, 11) is 1.59. The number of hydrogen-bond acceptors (Lipinski definition) is 5. The van der Waals surface area contributed by atoms with Crippen LogP contribution in [0.15, 0.2) is 60.7 Å². The van der Waals surface area contributed by atoms with E-state index in [-0.39, 0.29) is 11.0 Å². The Morgan fingerprint density at radius 1 is 1.03 bits per heavy atom. The van der Waals surface area contributed by atoms with Crippen LogP contribution in [0.3, 0.4) is 0 Å². The Hall–Kier alpha value is -3.38. The molecule has 0 amide bonds. The summed E-state index contributed by atoms with van der Waals surface area (Å²) >= 11 is 6.18. The molecule has 5 nitrogen and oxygen atoms in total. The fourth-order valence-corrected chi connectivity index (χ4v) is 3.22. The highest BCUT2D eigenvalue weighted by Crippen LogP contribution is 2.31. The molecule has 152 valence electrons. The van der Waals surface area contributed by atoms with Crippen molar-refractivity contribution >= 4 is 34.0 Å². The SMILES string of the molecule is COc1ccc2c(Nc3ccc(F)cc3Cl)nc(OCc3ccccc3C)nc2c1. The third kappa shape index (κ3) is 4.28. The molecule has 0 aliphatic carbocycles. The quantitative estimate of drug-likeness (QED) is 0.408. The molecule has 3 aromatic carbocycles. The molecule has 1 N–H and O–H groups in total. The van der Waals surface area contributed by atoms with Crippen molar-refractivity contribution in [3.05, 3.63) is 82.6 Å². The van der Waals surface area contributed by atoms with Gasteiger partial charge in [-0.15, -0.1) is 0 Å². The lowest BCUT2D eigenvalue weighted by atomic mass is 10.1. The Bertz CT molecular complexity index is 1220. The zero-order valence-corrected chi connectivity index (χ0v) is 17.2. The Labute approximate surface area is 178 Å². The van der Waals surface area contributed by atoms with Crippen molar-refractivity contribution in [2.45, 2.75) is 13.5 Å². The van der Waals surface area contributed by atoms with Crippen LogP contribution in [0.1, 0.15) is 11.1 Å². The zero-order valence-electron chi connectivity index (χ0n) is 16.4. The van der Waals surface area contributed by atoms with Gasteiger partial charge in [0, 0.05) is 11.5 Å². The molecular formula is C23H19ClFN3O2. The molecular weight excluding hydrogens is 405 g/mol. The van der Waals surface area contributed by atoms with E-state index >= 15 is 0 Å². The molecule has 4 rings (SSSR count). The van der Waals surface area contributed by atoms with E-state index in [4.69, 9.17) is 21.1 Å². The highest BCUT2D eigenvalue weighted by atomic mass is 35.5. The van der Waals surface area contributed by atoms with Crippen molar-refractivity contribution in [3.63, 3.8) is 0 Å². The normalized spacial score (nSPS) is 10.8.